The van der Waals surface area contributed by atoms with Gasteiger partial charge in [0.25, 0.3) is 0 Å². The molecule has 1 N–H and O–H groups in total. The predicted molar refractivity (Wildman–Crippen MR) is 75.0 cm³/mol. The first kappa shape index (κ1) is 13.2. The number of anilines is 1. The van der Waals surface area contributed by atoms with Crippen molar-refractivity contribution < 1.29 is 4.74 Å². The monoisotopic (exact) mass is 248 g/mol. The van der Waals surface area contributed by atoms with Crippen molar-refractivity contribution in [2.45, 2.75) is 39.5 Å². The summed E-state index contributed by atoms with van der Waals surface area (Å²) in [6.07, 6.45) is 5.44. The maximum Gasteiger partial charge on any atom is 0.215 e. The van der Waals surface area contributed by atoms with Gasteiger partial charge in [0.2, 0.25) is 5.88 Å². The fourth-order valence-corrected chi connectivity index (χ4v) is 2.52. The van der Waals surface area contributed by atoms with Crippen LogP contribution in [0.1, 0.15) is 39.5 Å². The zero-order chi connectivity index (χ0) is 12.8. The van der Waals surface area contributed by atoms with Gasteiger partial charge in [0.15, 0.2) is 0 Å². The highest BCUT2D eigenvalue weighted by Gasteiger charge is 2.17. The molecule has 0 saturated heterocycles. The van der Waals surface area contributed by atoms with Gasteiger partial charge in [0.1, 0.15) is 5.82 Å². The molecule has 0 atom stereocenters. The third-order valence-electron chi connectivity index (χ3n) is 3.72. The lowest BCUT2D eigenvalue weighted by atomic mass is 9.83. The molecule has 1 saturated carbocycles. The van der Waals surface area contributed by atoms with Gasteiger partial charge in [0.05, 0.1) is 6.61 Å². The first-order valence-electron chi connectivity index (χ1n) is 7.11. The van der Waals surface area contributed by atoms with E-state index in [1.165, 1.54) is 25.7 Å². The second kappa shape index (κ2) is 6.62. The van der Waals surface area contributed by atoms with Crippen LogP contribution in [-0.2, 0) is 0 Å². The average Bonchev–Trinajstić information content (AvgIpc) is 2.39. The van der Waals surface area contributed by atoms with E-state index in [4.69, 9.17) is 4.74 Å². The van der Waals surface area contributed by atoms with Crippen molar-refractivity contribution in [2.24, 2.45) is 11.8 Å². The molecular formula is C15H24N2O. The Morgan fingerprint density at radius 1 is 1.28 bits per heavy atom. The Bertz CT molecular complexity index is 359. The molecule has 1 aromatic rings. The van der Waals surface area contributed by atoms with Crippen LogP contribution in [0.3, 0.4) is 0 Å². The topological polar surface area (TPSA) is 34.1 Å². The molecule has 2 rings (SSSR count). The van der Waals surface area contributed by atoms with Crippen LogP contribution in [0.2, 0.25) is 0 Å². The lowest BCUT2D eigenvalue weighted by Gasteiger charge is -2.26. The van der Waals surface area contributed by atoms with Gasteiger partial charge >= 0.3 is 0 Å². The van der Waals surface area contributed by atoms with Crippen LogP contribution in [0.5, 0.6) is 5.88 Å². The van der Waals surface area contributed by atoms with E-state index in [1.54, 1.807) is 0 Å². The van der Waals surface area contributed by atoms with Crippen LogP contribution in [0, 0.1) is 11.8 Å². The van der Waals surface area contributed by atoms with Gasteiger partial charge in [-0.2, -0.15) is 4.98 Å². The zero-order valence-corrected chi connectivity index (χ0v) is 11.5. The molecule has 0 aromatic carbocycles. The van der Waals surface area contributed by atoms with Crippen molar-refractivity contribution in [3.05, 3.63) is 18.2 Å². The Morgan fingerprint density at radius 3 is 2.78 bits per heavy atom. The molecule has 0 radical (unpaired) electrons. The van der Waals surface area contributed by atoms with E-state index in [2.05, 4.69) is 17.2 Å². The number of aromatic nitrogens is 1. The summed E-state index contributed by atoms with van der Waals surface area (Å²) in [5.74, 6) is 3.36. The van der Waals surface area contributed by atoms with Crippen molar-refractivity contribution in [3.8, 4) is 5.88 Å². The molecule has 1 aliphatic rings. The Labute approximate surface area is 110 Å². The van der Waals surface area contributed by atoms with Crippen molar-refractivity contribution in [3.63, 3.8) is 0 Å². The maximum atomic E-state index is 5.40. The summed E-state index contributed by atoms with van der Waals surface area (Å²) in [6.45, 7) is 6.04. The molecule has 0 amide bonds. The van der Waals surface area contributed by atoms with E-state index < -0.39 is 0 Å². The summed E-state index contributed by atoms with van der Waals surface area (Å²) in [5.41, 5.74) is 0. The molecule has 18 heavy (non-hydrogen) atoms. The molecule has 1 aliphatic carbocycles. The first-order valence-corrected chi connectivity index (χ1v) is 7.11. The normalized spacial score (nSPS) is 23.7. The summed E-state index contributed by atoms with van der Waals surface area (Å²) in [6, 6.07) is 5.90. The lowest BCUT2D eigenvalue weighted by molar-refractivity contribution is 0.300. The van der Waals surface area contributed by atoms with E-state index in [0.29, 0.717) is 12.5 Å². The van der Waals surface area contributed by atoms with E-state index in [9.17, 15) is 0 Å². The summed E-state index contributed by atoms with van der Waals surface area (Å²) in [7, 11) is 0. The third kappa shape index (κ3) is 3.90. The van der Waals surface area contributed by atoms with Crippen molar-refractivity contribution >= 4 is 5.82 Å². The number of hydrogen-bond acceptors (Lipinski definition) is 3. The molecule has 3 heteroatoms. The summed E-state index contributed by atoms with van der Waals surface area (Å²) in [4.78, 5) is 4.43. The molecule has 1 heterocycles. The van der Waals surface area contributed by atoms with Gasteiger partial charge in [-0.3, -0.25) is 0 Å². The van der Waals surface area contributed by atoms with E-state index >= 15 is 0 Å². The zero-order valence-electron chi connectivity index (χ0n) is 11.5. The molecule has 1 aromatic heterocycles. The molecule has 0 unspecified atom stereocenters. The largest absolute Gasteiger partial charge is 0.478 e. The molecule has 0 aliphatic heterocycles. The molecule has 0 bridgehead atoms. The number of pyridine rings is 1. The summed E-state index contributed by atoms with van der Waals surface area (Å²) < 4.78 is 5.40. The number of ether oxygens (including phenoxy) is 1. The minimum absolute atomic E-state index is 0.664. The van der Waals surface area contributed by atoms with Crippen LogP contribution in [0.4, 0.5) is 5.82 Å². The van der Waals surface area contributed by atoms with E-state index in [1.807, 2.05) is 25.1 Å². The standard InChI is InChI=1S/C15H24N2O/c1-3-18-15-6-4-5-14(17-15)16-11-13-9-7-12(2)8-10-13/h4-6,12-13H,3,7-11H2,1-2H3,(H,16,17). The van der Waals surface area contributed by atoms with Crippen LogP contribution >= 0.6 is 0 Å². The van der Waals surface area contributed by atoms with Gasteiger partial charge in [-0.25, -0.2) is 0 Å². The van der Waals surface area contributed by atoms with Crippen molar-refractivity contribution in [1.29, 1.82) is 0 Å². The van der Waals surface area contributed by atoms with Crippen molar-refractivity contribution in [2.75, 3.05) is 18.5 Å². The average molecular weight is 248 g/mol. The summed E-state index contributed by atoms with van der Waals surface area (Å²) in [5, 5.41) is 3.44. The number of nitrogens with one attached hydrogen (secondary N) is 1. The Hall–Kier alpha value is -1.25. The van der Waals surface area contributed by atoms with Crippen LogP contribution in [0.15, 0.2) is 18.2 Å². The van der Waals surface area contributed by atoms with Gasteiger partial charge in [0, 0.05) is 12.6 Å². The minimum atomic E-state index is 0.664. The van der Waals surface area contributed by atoms with E-state index in [0.717, 1.165) is 24.2 Å². The highest BCUT2D eigenvalue weighted by molar-refractivity contribution is 5.37. The fraction of sp³-hybridized carbons (Fsp3) is 0.667. The van der Waals surface area contributed by atoms with Gasteiger partial charge in [-0.1, -0.05) is 25.8 Å². The fourth-order valence-electron chi connectivity index (χ4n) is 2.52. The minimum Gasteiger partial charge on any atom is -0.478 e. The maximum absolute atomic E-state index is 5.40. The van der Waals surface area contributed by atoms with Crippen molar-refractivity contribution in [1.82, 2.24) is 4.98 Å². The predicted octanol–water partition coefficient (Wildman–Crippen LogP) is 3.72. The van der Waals surface area contributed by atoms with Gasteiger partial charge in [-0.05, 0) is 37.7 Å². The van der Waals surface area contributed by atoms with E-state index in [-0.39, 0.29) is 0 Å². The molecule has 1 fully saturated rings. The van der Waals surface area contributed by atoms with Crippen LogP contribution in [0.25, 0.3) is 0 Å². The lowest BCUT2D eigenvalue weighted by Crippen LogP contribution is -2.20. The number of nitrogens with zero attached hydrogens (tertiary/aromatic N) is 1. The Kier molecular flexibility index (Phi) is 4.85. The molecule has 3 nitrogen and oxygen atoms in total. The second-order valence-corrected chi connectivity index (χ2v) is 5.30. The van der Waals surface area contributed by atoms with Crippen LogP contribution < -0.4 is 10.1 Å². The smallest absolute Gasteiger partial charge is 0.215 e. The highest BCUT2D eigenvalue weighted by atomic mass is 16.5. The third-order valence-corrected chi connectivity index (χ3v) is 3.72. The quantitative estimate of drug-likeness (QED) is 0.862. The van der Waals surface area contributed by atoms with Crippen LogP contribution in [-0.4, -0.2) is 18.1 Å². The molecule has 100 valence electrons. The van der Waals surface area contributed by atoms with Gasteiger partial charge < -0.3 is 10.1 Å². The molecule has 0 spiro atoms. The SMILES string of the molecule is CCOc1cccc(NCC2CCC(C)CC2)n1. The number of rotatable bonds is 5. The Morgan fingerprint density at radius 2 is 2.06 bits per heavy atom. The molecular weight excluding hydrogens is 224 g/mol. The second-order valence-electron chi connectivity index (χ2n) is 5.30. The Balaban J connectivity index is 1.80. The first-order chi connectivity index (χ1) is 8.78. The van der Waals surface area contributed by atoms with Gasteiger partial charge in [-0.15, -0.1) is 0 Å². The highest BCUT2D eigenvalue weighted by Crippen LogP contribution is 2.28. The number of hydrogen-bond donors (Lipinski definition) is 1. The summed E-state index contributed by atoms with van der Waals surface area (Å²) >= 11 is 0.